The van der Waals surface area contributed by atoms with Crippen LogP contribution < -0.4 is 5.32 Å². The van der Waals surface area contributed by atoms with Crippen molar-refractivity contribution in [3.8, 4) is 0 Å². The third kappa shape index (κ3) is 3.41. The van der Waals surface area contributed by atoms with Crippen LogP contribution in [0.2, 0.25) is 0 Å². The van der Waals surface area contributed by atoms with Gasteiger partial charge in [0.15, 0.2) is 0 Å². The van der Waals surface area contributed by atoms with E-state index in [4.69, 9.17) is 9.72 Å². The molecule has 2 rings (SSSR count). The Morgan fingerprint density at radius 1 is 1.30 bits per heavy atom. The molecule has 1 aliphatic rings. The fourth-order valence-electron chi connectivity index (χ4n) is 3.06. The number of nitrogens with one attached hydrogen (secondary N) is 1. The minimum Gasteiger partial charge on any atom is -0.375 e. The molecule has 0 bridgehead atoms. The number of thiazole rings is 1. The van der Waals surface area contributed by atoms with Gasteiger partial charge in [-0.3, -0.25) is 0 Å². The second-order valence-corrected chi connectivity index (χ2v) is 8.01. The molecule has 1 aromatic heterocycles. The SMILES string of the molecule is CC(C)NC1(c2nc(C(C)C)cs2)CCOC(C)(C)C1. The van der Waals surface area contributed by atoms with Gasteiger partial charge in [0.05, 0.1) is 16.8 Å². The Morgan fingerprint density at radius 2 is 2.00 bits per heavy atom. The summed E-state index contributed by atoms with van der Waals surface area (Å²) in [5.41, 5.74) is 1.08. The van der Waals surface area contributed by atoms with Crippen LogP contribution in [-0.4, -0.2) is 23.2 Å². The van der Waals surface area contributed by atoms with Gasteiger partial charge in [-0.25, -0.2) is 4.98 Å². The number of aromatic nitrogens is 1. The van der Waals surface area contributed by atoms with E-state index in [-0.39, 0.29) is 11.1 Å². The Labute approximate surface area is 127 Å². The number of nitrogens with zero attached hydrogens (tertiary/aromatic N) is 1. The maximum absolute atomic E-state index is 5.91. The van der Waals surface area contributed by atoms with Gasteiger partial charge in [-0.05, 0) is 40.0 Å². The molecule has 1 N–H and O–H groups in total. The summed E-state index contributed by atoms with van der Waals surface area (Å²) in [6.45, 7) is 14.0. The fraction of sp³-hybridized carbons (Fsp3) is 0.812. The first-order valence-corrected chi connectivity index (χ1v) is 8.50. The first-order chi connectivity index (χ1) is 9.24. The van der Waals surface area contributed by atoms with Gasteiger partial charge in [-0.15, -0.1) is 11.3 Å². The van der Waals surface area contributed by atoms with Gasteiger partial charge >= 0.3 is 0 Å². The van der Waals surface area contributed by atoms with E-state index in [0.29, 0.717) is 12.0 Å². The normalized spacial score (nSPS) is 26.4. The molecule has 0 saturated carbocycles. The third-order valence-electron chi connectivity index (χ3n) is 3.84. The van der Waals surface area contributed by atoms with Crippen molar-refractivity contribution in [2.45, 2.75) is 77.5 Å². The fourth-order valence-corrected chi connectivity index (χ4v) is 4.23. The van der Waals surface area contributed by atoms with Gasteiger partial charge < -0.3 is 10.1 Å². The van der Waals surface area contributed by atoms with Crippen LogP contribution in [0.5, 0.6) is 0 Å². The lowest BCUT2D eigenvalue weighted by molar-refractivity contribution is -0.0914. The van der Waals surface area contributed by atoms with Gasteiger partial charge in [0, 0.05) is 24.4 Å². The molecule has 0 aromatic carbocycles. The third-order valence-corrected chi connectivity index (χ3v) is 4.90. The minimum absolute atomic E-state index is 0.0340. The quantitative estimate of drug-likeness (QED) is 0.910. The summed E-state index contributed by atoms with van der Waals surface area (Å²) in [4.78, 5) is 4.92. The molecule has 0 amide bonds. The zero-order chi connectivity index (χ0) is 15.0. The molecule has 1 atom stereocenters. The van der Waals surface area contributed by atoms with Crippen LogP contribution in [0.1, 0.15) is 71.0 Å². The van der Waals surface area contributed by atoms with E-state index >= 15 is 0 Å². The molecule has 3 nitrogen and oxygen atoms in total. The van der Waals surface area contributed by atoms with Gasteiger partial charge in [0.1, 0.15) is 5.01 Å². The van der Waals surface area contributed by atoms with Gasteiger partial charge in [0.25, 0.3) is 0 Å². The molecule has 2 heterocycles. The maximum atomic E-state index is 5.91. The van der Waals surface area contributed by atoms with Crippen molar-refractivity contribution in [3.63, 3.8) is 0 Å². The second-order valence-electron chi connectivity index (χ2n) is 7.15. The van der Waals surface area contributed by atoms with E-state index in [9.17, 15) is 0 Å². The smallest absolute Gasteiger partial charge is 0.113 e. The highest BCUT2D eigenvalue weighted by molar-refractivity contribution is 7.09. The summed E-state index contributed by atoms with van der Waals surface area (Å²) >= 11 is 1.80. The molecule has 4 heteroatoms. The number of ether oxygens (including phenoxy) is 1. The van der Waals surface area contributed by atoms with Crippen LogP contribution in [0.3, 0.4) is 0 Å². The molecule has 0 spiro atoms. The van der Waals surface area contributed by atoms with Crippen LogP contribution in [0, 0.1) is 0 Å². The maximum Gasteiger partial charge on any atom is 0.113 e. The minimum atomic E-state index is -0.0934. The lowest BCUT2D eigenvalue weighted by atomic mass is 9.81. The molecule has 20 heavy (non-hydrogen) atoms. The van der Waals surface area contributed by atoms with Gasteiger partial charge in [-0.2, -0.15) is 0 Å². The topological polar surface area (TPSA) is 34.2 Å². The van der Waals surface area contributed by atoms with Crippen molar-refractivity contribution in [3.05, 3.63) is 16.1 Å². The van der Waals surface area contributed by atoms with Crippen molar-refractivity contribution in [1.82, 2.24) is 10.3 Å². The largest absolute Gasteiger partial charge is 0.375 e. The summed E-state index contributed by atoms with van der Waals surface area (Å²) in [7, 11) is 0. The van der Waals surface area contributed by atoms with E-state index in [1.54, 1.807) is 11.3 Å². The zero-order valence-corrected chi connectivity index (χ0v) is 14.4. The number of hydrogen-bond acceptors (Lipinski definition) is 4. The van der Waals surface area contributed by atoms with Crippen LogP contribution >= 0.6 is 11.3 Å². The average molecular weight is 296 g/mol. The van der Waals surface area contributed by atoms with Crippen LogP contribution in [0.4, 0.5) is 0 Å². The average Bonchev–Trinajstić information content (AvgIpc) is 2.75. The van der Waals surface area contributed by atoms with Crippen molar-refractivity contribution in [2.24, 2.45) is 0 Å². The van der Waals surface area contributed by atoms with E-state index in [0.717, 1.165) is 19.4 Å². The molecule has 1 aromatic rings. The molecular weight excluding hydrogens is 268 g/mol. The standard InChI is InChI=1S/C16H28N2OS/c1-11(2)13-9-20-14(17-13)16(18-12(3)4)7-8-19-15(5,6)10-16/h9,11-12,18H,7-8,10H2,1-6H3. The Hall–Kier alpha value is -0.450. The van der Waals surface area contributed by atoms with Crippen LogP contribution in [0.25, 0.3) is 0 Å². The number of rotatable bonds is 4. The number of hydrogen-bond donors (Lipinski definition) is 1. The van der Waals surface area contributed by atoms with Crippen molar-refractivity contribution in [2.75, 3.05) is 6.61 Å². The van der Waals surface area contributed by atoms with E-state index in [1.807, 2.05) is 0 Å². The molecule has 1 unspecified atom stereocenters. The Kier molecular flexibility index (Phi) is 4.57. The van der Waals surface area contributed by atoms with Gasteiger partial charge in [0.2, 0.25) is 0 Å². The highest BCUT2D eigenvalue weighted by atomic mass is 32.1. The van der Waals surface area contributed by atoms with Gasteiger partial charge in [-0.1, -0.05) is 13.8 Å². The Morgan fingerprint density at radius 3 is 2.50 bits per heavy atom. The van der Waals surface area contributed by atoms with Crippen LogP contribution in [-0.2, 0) is 10.3 Å². The monoisotopic (exact) mass is 296 g/mol. The van der Waals surface area contributed by atoms with Crippen molar-refractivity contribution in [1.29, 1.82) is 0 Å². The van der Waals surface area contributed by atoms with E-state index in [2.05, 4.69) is 52.2 Å². The lowest BCUT2D eigenvalue weighted by Crippen LogP contribution is -2.54. The lowest BCUT2D eigenvalue weighted by Gasteiger charge is -2.45. The molecule has 114 valence electrons. The highest BCUT2D eigenvalue weighted by Crippen LogP contribution is 2.41. The summed E-state index contributed by atoms with van der Waals surface area (Å²) in [6.07, 6.45) is 1.98. The van der Waals surface area contributed by atoms with E-state index in [1.165, 1.54) is 10.7 Å². The summed E-state index contributed by atoms with van der Waals surface area (Å²) in [6, 6.07) is 0.440. The molecule has 0 radical (unpaired) electrons. The van der Waals surface area contributed by atoms with Crippen molar-refractivity contribution < 1.29 is 4.74 Å². The molecule has 0 aliphatic carbocycles. The first-order valence-electron chi connectivity index (χ1n) is 7.62. The van der Waals surface area contributed by atoms with Crippen molar-refractivity contribution >= 4 is 11.3 Å². The Bertz CT molecular complexity index is 453. The Balaban J connectivity index is 2.35. The highest BCUT2D eigenvalue weighted by Gasteiger charge is 2.44. The first kappa shape index (κ1) is 15.9. The summed E-state index contributed by atoms with van der Waals surface area (Å²) < 4.78 is 5.91. The summed E-state index contributed by atoms with van der Waals surface area (Å²) in [5, 5.41) is 7.23. The predicted octanol–water partition coefficient (Wildman–Crippen LogP) is 4.05. The zero-order valence-electron chi connectivity index (χ0n) is 13.6. The molecular formula is C16H28N2OS. The molecule has 1 fully saturated rings. The second kappa shape index (κ2) is 5.74. The summed E-state index contributed by atoms with van der Waals surface area (Å²) in [5.74, 6) is 0.490. The predicted molar refractivity (Wildman–Crippen MR) is 85.4 cm³/mol. The molecule has 1 aliphatic heterocycles. The van der Waals surface area contributed by atoms with E-state index < -0.39 is 0 Å². The molecule has 1 saturated heterocycles. The van der Waals surface area contributed by atoms with Crippen LogP contribution in [0.15, 0.2) is 5.38 Å².